The molecule has 0 saturated heterocycles. The number of rotatable bonds is 28. The van der Waals surface area contributed by atoms with Crippen LogP contribution < -0.4 is 10.1 Å². The zero-order valence-corrected chi connectivity index (χ0v) is 38.0. The Morgan fingerprint density at radius 3 is 1.09 bits per heavy atom. The highest BCUT2D eigenvalue weighted by Crippen LogP contribution is 2.66. The van der Waals surface area contributed by atoms with Crippen LogP contribution in [-0.4, -0.2) is 119 Å². The molecule has 0 aromatic heterocycles. The number of nitrogens with one attached hydrogen (secondary N) is 1. The number of hydrogen-bond donors (Lipinski definition) is 1. The van der Waals surface area contributed by atoms with Gasteiger partial charge in [0.05, 0.1) is 0 Å². The summed E-state index contributed by atoms with van der Waals surface area (Å²) in [4.78, 5) is 12.5. The molecular formula is C36H31F34NO2S2. The molecule has 442 valence electrons. The third-order valence-corrected chi connectivity index (χ3v) is 12.2. The van der Waals surface area contributed by atoms with Gasteiger partial charge in [0.2, 0.25) is 0 Å². The summed E-state index contributed by atoms with van der Waals surface area (Å²) in [7, 11) is 0. The minimum Gasteiger partial charge on any atom is -0.410 e. The van der Waals surface area contributed by atoms with Crippen LogP contribution in [0.1, 0.15) is 62.1 Å². The molecule has 0 fully saturated rings. The summed E-state index contributed by atoms with van der Waals surface area (Å²) in [5.74, 6) is -123. The van der Waals surface area contributed by atoms with Gasteiger partial charge < -0.3 is 10.1 Å². The van der Waals surface area contributed by atoms with Crippen LogP contribution in [0.5, 0.6) is 5.75 Å². The standard InChI is InChI=1S/C36H31F34NO2S2/c1-3-4-5-6-9-71-20(72)73-19-16(2)12-17(14-74-10-7-21(37,38)23(41,42)25(45,46)27(49,50)29(53,54)31(57,58)33(61,62)35(65,66)67)13-18(19)15-75-11-8-22(39,40)24(43,44)26(47,48)28(51,52)30(55,56)32(59,60)34(63,64)36(68,69)70/h12-13H,3-11,14-15H2,1-2H3,(H,71,72). The molecule has 75 heavy (non-hydrogen) atoms. The second-order valence-electron chi connectivity index (χ2n) is 15.7. The quantitative estimate of drug-likeness (QED) is 0.0670. The number of unbranched alkanes of at least 4 members (excludes halogenated alkanes) is 3. The summed E-state index contributed by atoms with van der Waals surface area (Å²) in [6.07, 6.45) is -21.1. The lowest BCUT2D eigenvalue weighted by Gasteiger charge is -2.42. The van der Waals surface area contributed by atoms with Crippen molar-refractivity contribution in [3.05, 3.63) is 28.8 Å². The van der Waals surface area contributed by atoms with Gasteiger partial charge in [0.1, 0.15) is 5.75 Å². The molecule has 0 atom stereocenters. The van der Waals surface area contributed by atoms with E-state index in [4.69, 9.17) is 4.74 Å². The molecule has 0 unspecified atom stereocenters. The van der Waals surface area contributed by atoms with Crippen molar-refractivity contribution in [1.29, 1.82) is 0 Å². The highest BCUT2D eigenvalue weighted by Gasteiger charge is 2.97. The van der Waals surface area contributed by atoms with Crippen LogP contribution in [0.25, 0.3) is 0 Å². The molecule has 0 aliphatic rings. The Labute approximate surface area is 405 Å². The minimum atomic E-state index is -8.91. The van der Waals surface area contributed by atoms with E-state index in [1.54, 1.807) is 6.92 Å². The van der Waals surface area contributed by atoms with Gasteiger partial charge >= 0.3 is 101 Å². The van der Waals surface area contributed by atoms with Gasteiger partial charge in [-0.25, -0.2) is 4.79 Å². The average molecular weight is 1220 g/mol. The van der Waals surface area contributed by atoms with Crippen LogP contribution in [-0.2, 0) is 11.5 Å². The number of aryl methyl sites for hydroxylation is 1. The van der Waals surface area contributed by atoms with Crippen molar-refractivity contribution in [2.75, 3.05) is 18.1 Å². The summed E-state index contributed by atoms with van der Waals surface area (Å²) >= 11 is -0.451. The fourth-order valence-corrected chi connectivity index (χ4v) is 7.54. The number of benzene rings is 1. The van der Waals surface area contributed by atoms with E-state index in [-0.39, 0.29) is 42.1 Å². The lowest BCUT2D eigenvalue weighted by molar-refractivity contribution is -0.461. The van der Waals surface area contributed by atoms with Gasteiger partial charge in [0.15, 0.2) is 0 Å². The van der Waals surface area contributed by atoms with Gasteiger partial charge in [0.25, 0.3) is 0 Å². The first-order valence-corrected chi connectivity index (χ1v) is 21.9. The van der Waals surface area contributed by atoms with Crippen LogP contribution in [0.3, 0.4) is 0 Å². The zero-order chi connectivity index (χ0) is 59.9. The van der Waals surface area contributed by atoms with Crippen LogP contribution in [0, 0.1) is 6.92 Å². The van der Waals surface area contributed by atoms with Crippen molar-refractivity contribution in [3.8, 4) is 5.75 Å². The third kappa shape index (κ3) is 12.2. The molecule has 0 spiro atoms. The Hall–Kier alpha value is -3.19. The second kappa shape index (κ2) is 22.2. The van der Waals surface area contributed by atoms with Crippen molar-refractivity contribution in [2.45, 2.75) is 159 Å². The summed E-state index contributed by atoms with van der Waals surface area (Å²) in [6.45, 7) is 2.56. The second-order valence-corrected chi connectivity index (χ2v) is 17.9. The molecule has 0 aliphatic heterocycles. The first-order chi connectivity index (χ1) is 32.9. The molecule has 1 rings (SSSR count). The summed E-state index contributed by atoms with van der Waals surface area (Å²) in [5.41, 5.74) is -1.43. The van der Waals surface area contributed by atoms with Gasteiger partial charge in [-0.3, -0.25) is 0 Å². The van der Waals surface area contributed by atoms with E-state index in [0.29, 0.717) is 25.3 Å². The van der Waals surface area contributed by atoms with Crippen LogP contribution in [0.2, 0.25) is 0 Å². The average Bonchev–Trinajstić information content (AvgIpc) is 3.23. The highest BCUT2D eigenvalue weighted by atomic mass is 32.2. The number of halogens is 34. The van der Waals surface area contributed by atoms with E-state index in [9.17, 15) is 154 Å². The maximum Gasteiger partial charge on any atom is 0.460 e. The predicted octanol–water partition coefficient (Wildman–Crippen LogP) is 16.9. The molecule has 0 radical (unpaired) electrons. The lowest BCUT2D eigenvalue weighted by atomic mass is 9.88. The van der Waals surface area contributed by atoms with Crippen molar-refractivity contribution < 1.29 is 159 Å². The number of alkyl halides is 34. The summed E-state index contributed by atoms with van der Waals surface area (Å²) in [5, 5.41) is 2.17. The number of carbonyl (C=O) groups excluding carboxylic acids is 1. The van der Waals surface area contributed by atoms with Crippen LogP contribution in [0.4, 0.5) is 154 Å². The van der Waals surface area contributed by atoms with E-state index in [1.807, 2.05) is 0 Å². The summed E-state index contributed by atoms with van der Waals surface area (Å²) in [6, 6.07) is 1.48. The maximum atomic E-state index is 14.5. The molecule has 3 nitrogen and oxygen atoms in total. The zero-order valence-electron chi connectivity index (χ0n) is 36.4. The molecule has 1 N–H and O–H groups in total. The van der Waals surface area contributed by atoms with Crippen molar-refractivity contribution >= 4 is 29.6 Å². The molecule has 0 bridgehead atoms. The Morgan fingerprint density at radius 2 is 0.760 bits per heavy atom. The lowest BCUT2D eigenvalue weighted by Crippen LogP contribution is -2.74. The number of carbonyl (C=O) groups is 1. The van der Waals surface area contributed by atoms with E-state index in [2.05, 4.69) is 5.32 Å². The Bertz CT molecular complexity index is 2080. The van der Waals surface area contributed by atoms with Gasteiger partial charge in [-0.1, -0.05) is 38.3 Å². The smallest absolute Gasteiger partial charge is 0.410 e. The molecule has 0 aliphatic carbocycles. The highest BCUT2D eigenvalue weighted by molar-refractivity contribution is 7.98. The van der Waals surface area contributed by atoms with Gasteiger partial charge in [-0.15, -0.1) is 0 Å². The van der Waals surface area contributed by atoms with Crippen molar-refractivity contribution in [2.24, 2.45) is 0 Å². The maximum absolute atomic E-state index is 14.5. The molecule has 39 heteroatoms. The van der Waals surface area contributed by atoms with Crippen LogP contribution in [0.15, 0.2) is 12.1 Å². The van der Waals surface area contributed by atoms with Crippen LogP contribution >= 0.6 is 23.5 Å². The fraction of sp³-hybridized carbons (Fsp3) is 0.806. The molecular weight excluding hydrogens is 1190 g/mol. The van der Waals surface area contributed by atoms with Gasteiger partial charge in [-0.05, 0) is 36.0 Å². The number of thioether (sulfide) groups is 2. The van der Waals surface area contributed by atoms with E-state index in [0.717, 1.165) is 13.0 Å². The van der Waals surface area contributed by atoms with Crippen molar-refractivity contribution in [1.82, 2.24) is 5.32 Å². The monoisotopic (exact) mass is 1220 g/mol. The normalized spacial score (nSPS) is 15.4. The molecule has 1 amide bonds. The number of amides is 1. The Morgan fingerprint density at radius 1 is 0.440 bits per heavy atom. The molecule has 1 aromatic rings. The van der Waals surface area contributed by atoms with E-state index < -0.39 is 154 Å². The summed E-state index contributed by atoms with van der Waals surface area (Å²) < 4.78 is 469. The molecule has 1 aromatic carbocycles. The number of ether oxygens (including phenoxy) is 1. The predicted molar refractivity (Wildman–Crippen MR) is 192 cm³/mol. The Balaban J connectivity index is 3.53. The molecule has 0 saturated carbocycles. The molecule has 0 heterocycles. The largest absolute Gasteiger partial charge is 0.460 e. The van der Waals surface area contributed by atoms with Crippen molar-refractivity contribution in [3.63, 3.8) is 0 Å². The van der Waals surface area contributed by atoms with E-state index in [1.165, 1.54) is 0 Å². The van der Waals surface area contributed by atoms with E-state index >= 15 is 0 Å². The fourth-order valence-electron chi connectivity index (χ4n) is 5.62. The van der Waals surface area contributed by atoms with Gasteiger partial charge in [-0.2, -0.15) is 173 Å². The van der Waals surface area contributed by atoms with Gasteiger partial charge in [0, 0.05) is 36.5 Å². The minimum absolute atomic E-state index is 0.145. The first kappa shape index (κ1) is 69.8. The SMILES string of the molecule is CCCCCCNC(=O)Oc1c(C)cc(CSCCC(F)(F)C(F)(F)C(F)(F)C(F)(F)C(F)(F)C(F)(F)C(F)(F)C(F)(F)F)cc1CSCCC(F)(F)C(F)(F)C(F)(F)C(F)(F)C(F)(F)C(F)(F)C(F)(F)C(F)(F)F. The Kier molecular flexibility index (Phi) is 20.6. The first-order valence-electron chi connectivity index (χ1n) is 19.6. The third-order valence-electron chi connectivity index (χ3n) is 10.1. The topological polar surface area (TPSA) is 38.3 Å². The number of hydrogen-bond acceptors (Lipinski definition) is 4.